The molecule has 0 fully saturated rings. The molecule has 0 aliphatic rings. The second-order valence-electron chi connectivity index (χ2n) is 6.16. The van der Waals surface area contributed by atoms with Crippen molar-refractivity contribution < 1.29 is 19.0 Å². The molecule has 0 aliphatic carbocycles. The fraction of sp³-hybridized carbons (Fsp3) is 0.111. The van der Waals surface area contributed by atoms with E-state index in [0.29, 0.717) is 25.6 Å². The Hall–Kier alpha value is -3.19. The molecule has 160 valence electrons. The van der Waals surface area contributed by atoms with Gasteiger partial charge in [0, 0.05) is 16.7 Å². The zero-order valence-corrected chi connectivity index (χ0v) is 18.7. The van der Waals surface area contributed by atoms with Crippen LogP contribution in [0.5, 0.6) is 0 Å². The molecule has 0 atom stereocenters. The molecule has 13 heteroatoms. The molecule has 3 rings (SSSR count). The smallest absolute Gasteiger partial charge is 0.309 e. The maximum Gasteiger partial charge on any atom is 0.332 e. The van der Waals surface area contributed by atoms with Gasteiger partial charge in [0.25, 0.3) is 11.4 Å². The Morgan fingerprint density at radius 3 is 2.39 bits per heavy atom. The number of H-pyrrole nitrogens is 1. The normalized spacial score (nSPS) is 10.5. The van der Waals surface area contributed by atoms with Gasteiger partial charge in [0.1, 0.15) is 25.1 Å². The van der Waals surface area contributed by atoms with Crippen molar-refractivity contribution in [2.24, 2.45) is 0 Å². The lowest BCUT2D eigenvalue weighted by molar-refractivity contribution is -0.361. The van der Waals surface area contributed by atoms with E-state index in [4.69, 9.17) is 0 Å². The summed E-state index contributed by atoms with van der Waals surface area (Å²) in [6.45, 7) is -1.33. The van der Waals surface area contributed by atoms with Crippen molar-refractivity contribution >= 4 is 55.3 Å². The third-order valence-corrected chi connectivity index (χ3v) is 4.82. The van der Waals surface area contributed by atoms with Crippen LogP contribution in [-0.2, 0) is 22.7 Å². The monoisotopic (exact) mass is 555 g/mol. The number of anilines is 2. The minimum Gasteiger partial charge on any atom is -0.309 e. The van der Waals surface area contributed by atoms with Crippen LogP contribution in [0.25, 0.3) is 0 Å². The summed E-state index contributed by atoms with van der Waals surface area (Å²) >= 11 is 6.44. The Morgan fingerprint density at radius 2 is 1.74 bits per heavy atom. The summed E-state index contributed by atoms with van der Waals surface area (Å²) in [5.41, 5.74) is -2.29. The molecule has 3 aromatic heterocycles. The number of aromatic amines is 1. The van der Waals surface area contributed by atoms with Gasteiger partial charge in [-0.2, -0.15) is 4.39 Å². The van der Waals surface area contributed by atoms with Crippen molar-refractivity contribution in [3.05, 3.63) is 78.5 Å². The molecule has 0 radical (unpaired) electrons. The maximum absolute atomic E-state index is 14.1. The van der Waals surface area contributed by atoms with Gasteiger partial charge in [-0.25, -0.2) is 29.4 Å². The third kappa shape index (κ3) is 5.92. The standard InChI is InChI=1S/C18H13Br2FN6O4/c19-10-1-3-13(22-5-10)24-15(28)8-26-7-12(21)17(30)27(18(26)31)9-16(29)25-14-4-2-11(20)6-23-14/h1-7H,8-9H2,(H,22,24,28)(H,23,25,29)/p+1. The van der Waals surface area contributed by atoms with Crippen LogP contribution in [0.2, 0.25) is 0 Å². The highest BCUT2D eigenvalue weighted by atomic mass is 79.9. The molecule has 0 aromatic carbocycles. The Balaban J connectivity index is 1.77. The van der Waals surface area contributed by atoms with Crippen molar-refractivity contribution in [3.63, 3.8) is 0 Å². The predicted molar refractivity (Wildman–Crippen MR) is 115 cm³/mol. The molecule has 3 aromatic rings. The number of hydrogen-bond donors (Lipinski definition) is 2. The average Bonchev–Trinajstić information content (AvgIpc) is 2.73. The molecule has 3 N–H and O–H groups in total. The number of carbonyl (C=O) groups excluding carboxylic acids is 2. The fourth-order valence-electron chi connectivity index (χ4n) is 2.47. The van der Waals surface area contributed by atoms with Gasteiger partial charge in [-0.1, -0.05) is 0 Å². The Kier molecular flexibility index (Phi) is 7.07. The van der Waals surface area contributed by atoms with E-state index >= 15 is 0 Å². The largest absolute Gasteiger partial charge is 0.332 e. The summed E-state index contributed by atoms with van der Waals surface area (Å²) in [6.07, 6.45) is 3.65. The first-order valence-electron chi connectivity index (χ1n) is 8.61. The molecule has 10 nitrogen and oxygen atoms in total. The highest BCUT2D eigenvalue weighted by molar-refractivity contribution is 9.10. The molecule has 31 heavy (non-hydrogen) atoms. The molecule has 0 saturated heterocycles. The van der Waals surface area contributed by atoms with Crippen LogP contribution in [0.1, 0.15) is 0 Å². The van der Waals surface area contributed by atoms with Gasteiger partial charge in [0.05, 0.1) is 10.7 Å². The summed E-state index contributed by atoms with van der Waals surface area (Å²) in [7, 11) is 0. The van der Waals surface area contributed by atoms with Crippen LogP contribution < -0.4 is 26.9 Å². The van der Waals surface area contributed by atoms with Gasteiger partial charge in [-0.3, -0.25) is 14.2 Å². The molecule has 0 spiro atoms. The topological polar surface area (TPSA) is 129 Å². The van der Waals surface area contributed by atoms with Crippen molar-refractivity contribution in [2.75, 3.05) is 10.6 Å². The van der Waals surface area contributed by atoms with Crippen molar-refractivity contribution in [1.82, 2.24) is 14.1 Å². The number of nitrogens with one attached hydrogen (secondary N) is 3. The molecular formula is C18H14Br2FN6O4+. The number of rotatable bonds is 6. The first-order chi connectivity index (χ1) is 14.7. The van der Waals surface area contributed by atoms with Crippen LogP contribution in [0.3, 0.4) is 0 Å². The zero-order valence-electron chi connectivity index (χ0n) is 15.6. The number of hydrogen-bond acceptors (Lipinski definition) is 5. The number of halogens is 3. The lowest BCUT2D eigenvalue weighted by Gasteiger charge is -2.10. The van der Waals surface area contributed by atoms with E-state index in [1.165, 1.54) is 12.3 Å². The van der Waals surface area contributed by atoms with E-state index < -0.39 is 42.0 Å². The Bertz CT molecular complexity index is 1240. The van der Waals surface area contributed by atoms with Gasteiger partial charge in [0.15, 0.2) is 0 Å². The number of amides is 2. The van der Waals surface area contributed by atoms with E-state index in [0.717, 1.165) is 4.47 Å². The van der Waals surface area contributed by atoms with E-state index in [9.17, 15) is 23.6 Å². The number of carbonyl (C=O) groups is 2. The lowest BCUT2D eigenvalue weighted by Crippen LogP contribution is -2.44. The second-order valence-corrected chi connectivity index (χ2v) is 7.99. The van der Waals surface area contributed by atoms with Crippen LogP contribution in [0.4, 0.5) is 16.0 Å². The quantitative estimate of drug-likeness (QED) is 0.471. The average molecular weight is 557 g/mol. The Morgan fingerprint density at radius 1 is 1.03 bits per heavy atom. The van der Waals surface area contributed by atoms with Gasteiger partial charge in [0.2, 0.25) is 11.7 Å². The first-order valence-corrected chi connectivity index (χ1v) is 10.2. The number of nitrogens with zero attached hydrogens (tertiary/aromatic N) is 3. The van der Waals surface area contributed by atoms with E-state index in [1.54, 1.807) is 24.4 Å². The predicted octanol–water partition coefficient (Wildman–Crippen LogP) is 1.16. The van der Waals surface area contributed by atoms with Crippen molar-refractivity contribution in [3.8, 4) is 0 Å². The van der Waals surface area contributed by atoms with Crippen LogP contribution in [-0.4, -0.2) is 25.9 Å². The molecule has 0 bridgehead atoms. The van der Waals surface area contributed by atoms with E-state index in [1.807, 2.05) is 0 Å². The minimum absolute atomic E-state index is 0.183. The van der Waals surface area contributed by atoms with Gasteiger partial charge < -0.3 is 5.32 Å². The second kappa shape index (κ2) is 9.75. The fourth-order valence-corrected chi connectivity index (χ4v) is 2.96. The van der Waals surface area contributed by atoms with Crippen LogP contribution in [0.15, 0.2) is 61.4 Å². The Labute approximate surface area is 190 Å². The SMILES string of the molecule is O=C(Cn1c(=O)c(F)cn(CC(=O)Nc2ccc(Br)c[nH+]2)c1=O)Nc1ccc(Br)cn1. The summed E-state index contributed by atoms with van der Waals surface area (Å²) in [6, 6.07) is 6.38. The van der Waals surface area contributed by atoms with Gasteiger partial charge >= 0.3 is 11.6 Å². The summed E-state index contributed by atoms with van der Waals surface area (Å²) in [5, 5.41) is 4.90. The van der Waals surface area contributed by atoms with E-state index in [2.05, 4.69) is 52.5 Å². The molecular weight excluding hydrogens is 543 g/mol. The third-order valence-electron chi connectivity index (χ3n) is 3.85. The molecule has 2 amide bonds. The van der Waals surface area contributed by atoms with Crippen LogP contribution >= 0.6 is 31.9 Å². The van der Waals surface area contributed by atoms with Crippen LogP contribution in [0, 0.1) is 5.82 Å². The molecule has 0 unspecified atom stereocenters. The van der Waals surface area contributed by atoms with E-state index in [-0.39, 0.29) is 5.82 Å². The summed E-state index contributed by atoms with van der Waals surface area (Å²) in [4.78, 5) is 55.8. The highest BCUT2D eigenvalue weighted by Gasteiger charge is 2.18. The highest BCUT2D eigenvalue weighted by Crippen LogP contribution is 2.10. The molecule has 0 aliphatic heterocycles. The van der Waals surface area contributed by atoms with Crippen molar-refractivity contribution in [1.29, 1.82) is 0 Å². The summed E-state index contributed by atoms with van der Waals surface area (Å²) in [5.74, 6) is -2.16. The molecule has 0 saturated carbocycles. The zero-order chi connectivity index (χ0) is 22.5. The maximum atomic E-state index is 14.1. The molecule has 3 heterocycles. The van der Waals surface area contributed by atoms with Gasteiger partial charge in [-0.15, -0.1) is 0 Å². The van der Waals surface area contributed by atoms with Crippen molar-refractivity contribution in [2.45, 2.75) is 13.1 Å². The minimum atomic E-state index is -1.28. The number of aromatic nitrogens is 4. The number of pyridine rings is 2. The summed E-state index contributed by atoms with van der Waals surface area (Å²) < 4.78 is 16.6. The lowest BCUT2D eigenvalue weighted by atomic mass is 10.4. The van der Waals surface area contributed by atoms with Gasteiger partial charge in [-0.05, 0) is 50.1 Å². The first kappa shape index (κ1) is 22.5.